The van der Waals surface area contributed by atoms with Crippen LogP contribution in [0.4, 0.5) is 5.69 Å². The minimum atomic E-state index is -3.53. The van der Waals surface area contributed by atoms with E-state index in [1.807, 2.05) is 0 Å². The average Bonchev–Trinajstić information content (AvgIpc) is 2.47. The fourth-order valence-electron chi connectivity index (χ4n) is 2.11. The average molecular weight is 334 g/mol. The second-order valence-electron chi connectivity index (χ2n) is 4.89. The molecular weight excluding hydrogens is 314 g/mol. The van der Waals surface area contributed by atoms with Crippen LogP contribution in [0.5, 0.6) is 0 Å². The summed E-state index contributed by atoms with van der Waals surface area (Å²) in [4.78, 5) is 2.40. The van der Waals surface area contributed by atoms with Gasteiger partial charge >= 0.3 is 0 Å². The van der Waals surface area contributed by atoms with E-state index in [2.05, 4.69) is 9.62 Å². The van der Waals surface area contributed by atoms with Crippen molar-refractivity contribution in [3.63, 3.8) is 0 Å². The van der Waals surface area contributed by atoms with E-state index in [1.54, 1.807) is 0 Å². The number of nitrogen functional groups attached to an aromatic ring is 1. The van der Waals surface area contributed by atoms with Crippen molar-refractivity contribution in [2.45, 2.75) is 11.3 Å². The second kappa shape index (κ2) is 7.42. The van der Waals surface area contributed by atoms with Crippen LogP contribution in [0.2, 0.25) is 5.02 Å². The van der Waals surface area contributed by atoms with Crippen LogP contribution < -0.4 is 10.5 Å². The van der Waals surface area contributed by atoms with E-state index >= 15 is 0 Å². The summed E-state index contributed by atoms with van der Waals surface area (Å²) in [5.74, 6) is 0. The normalized spacial score (nSPS) is 17.0. The van der Waals surface area contributed by atoms with Gasteiger partial charge in [-0.25, -0.2) is 13.1 Å². The Labute approximate surface area is 130 Å². The summed E-state index contributed by atoms with van der Waals surface area (Å²) in [6.45, 7) is 4.54. The van der Waals surface area contributed by atoms with Crippen LogP contribution in [0.15, 0.2) is 23.1 Å². The van der Waals surface area contributed by atoms with E-state index in [-0.39, 0.29) is 10.6 Å². The molecule has 3 N–H and O–H groups in total. The van der Waals surface area contributed by atoms with E-state index < -0.39 is 10.0 Å². The van der Waals surface area contributed by atoms with E-state index in [1.165, 1.54) is 18.2 Å². The molecule has 0 unspecified atom stereocenters. The lowest BCUT2D eigenvalue weighted by atomic mass is 10.3. The number of anilines is 1. The monoisotopic (exact) mass is 333 g/mol. The molecule has 8 heteroatoms. The van der Waals surface area contributed by atoms with Crippen LogP contribution in [0.25, 0.3) is 0 Å². The molecule has 6 nitrogen and oxygen atoms in total. The second-order valence-corrected chi connectivity index (χ2v) is 7.06. The molecule has 0 aromatic heterocycles. The summed E-state index contributed by atoms with van der Waals surface area (Å²) >= 11 is 5.79. The maximum absolute atomic E-state index is 12.1. The van der Waals surface area contributed by atoms with Gasteiger partial charge in [0.05, 0.1) is 28.8 Å². The molecule has 0 saturated carbocycles. The number of hydrogen-bond donors (Lipinski definition) is 2. The molecule has 1 aliphatic heterocycles. The van der Waals surface area contributed by atoms with Crippen molar-refractivity contribution < 1.29 is 13.2 Å². The molecule has 1 fully saturated rings. The number of nitrogens with two attached hydrogens (primary N) is 1. The van der Waals surface area contributed by atoms with Gasteiger partial charge in [0.25, 0.3) is 0 Å². The van der Waals surface area contributed by atoms with Gasteiger partial charge in [-0.05, 0) is 31.2 Å². The van der Waals surface area contributed by atoms with Crippen molar-refractivity contribution in [3.05, 3.63) is 23.2 Å². The van der Waals surface area contributed by atoms with Crippen molar-refractivity contribution >= 4 is 27.3 Å². The molecule has 1 aromatic carbocycles. The number of nitrogens with one attached hydrogen (secondary N) is 1. The summed E-state index contributed by atoms with van der Waals surface area (Å²) in [5, 5.41) is 0.348. The Morgan fingerprint density at radius 2 is 2.05 bits per heavy atom. The van der Waals surface area contributed by atoms with Gasteiger partial charge in [-0.15, -0.1) is 0 Å². The number of nitrogens with zero attached hydrogens (tertiary/aromatic N) is 1. The number of halogens is 1. The van der Waals surface area contributed by atoms with Crippen molar-refractivity contribution in [1.29, 1.82) is 0 Å². The largest absolute Gasteiger partial charge is 0.397 e. The Morgan fingerprint density at radius 3 is 2.71 bits per heavy atom. The van der Waals surface area contributed by atoms with Gasteiger partial charge in [-0.1, -0.05) is 11.6 Å². The maximum Gasteiger partial charge on any atom is 0.240 e. The molecular formula is C13H20ClN3O3S. The smallest absolute Gasteiger partial charge is 0.240 e. The summed E-state index contributed by atoms with van der Waals surface area (Å²) in [7, 11) is -3.53. The molecule has 1 aromatic rings. The van der Waals surface area contributed by atoms with Gasteiger partial charge in [0, 0.05) is 19.6 Å². The Hall–Kier alpha value is -0.860. The number of hydrogen-bond acceptors (Lipinski definition) is 5. The number of ether oxygens (including phenoxy) is 1. The number of morpholine rings is 1. The lowest BCUT2D eigenvalue weighted by molar-refractivity contribution is 0.0376. The molecule has 0 spiro atoms. The topological polar surface area (TPSA) is 84.7 Å². The lowest BCUT2D eigenvalue weighted by Crippen LogP contribution is -2.38. The van der Waals surface area contributed by atoms with Gasteiger partial charge < -0.3 is 10.5 Å². The first-order valence-corrected chi connectivity index (χ1v) is 8.70. The fourth-order valence-corrected chi connectivity index (χ4v) is 3.33. The Kier molecular flexibility index (Phi) is 5.83. The highest BCUT2D eigenvalue weighted by atomic mass is 35.5. The number of sulfonamides is 1. The van der Waals surface area contributed by atoms with Gasteiger partial charge in [-0.2, -0.15) is 0 Å². The molecule has 0 aliphatic carbocycles. The highest BCUT2D eigenvalue weighted by Crippen LogP contribution is 2.21. The van der Waals surface area contributed by atoms with Crippen molar-refractivity contribution in [2.24, 2.45) is 0 Å². The zero-order valence-corrected chi connectivity index (χ0v) is 13.3. The molecule has 21 heavy (non-hydrogen) atoms. The van der Waals surface area contributed by atoms with E-state index in [4.69, 9.17) is 22.1 Å². The van der Waals surface area contributed by atoms with Crippen molar-refractivity contribution in [1.82, 2.24) is 9.62 Å². The van der Waals surface area contributed by atoms with E-state index in [9.17, 15) is 8.42 Å². The predicted molar refractivity (Wildman–Crippen MR) is 82.9 cm³/mol. The van der Waals surface area contributed by atoms with Crippen LogP contribution in [0.3, 0.4) is 0 Å². The minimum Gasteiger partial charge on any atom is -0.397 e. The van der Waals surface area contributed by atoms with Gasteiger partial charge in [0.1, 0.15) is 0 Å². The van der Waals surface area contributed by atoms with Gasteiger partial charge in [0.15, 0.2) is 0 Å². The first-order valence-electron chi connectivity index (χ1n) is 6.84. The zero-order valence-electron chi connectivity index (χ0n) is 11.7. The van der Waals surface area contributed by atoms with Crippen LogP contribution in [0.1, 0.15) is 6.42 Å². The molecule has 1 saturated heterocycles. The third-order valence-corrected chi connectivity index (χ3v) is 5.13. The van der Waals surface area contributed by atoms with Crippen LogP contribution >= 0.6 is 11.6 Å². The first-order chi connectivity index (χ1) is 9.99. The molecule has 118 valence electrons. The molecule has 0 bridgehead atoms. The number of benzene rings is 1. The Bertz CT molecular complexity index is 574. The molecule has 1 aliphatic rings. The van der Waals surface area contributed by atoms with Crippen molar-refractivity contribution in [2.75, 3.05) is 45.1 Å². The highest BCUT2D eigenvalue weighted by Gasteiger charge is 2.15. The zero-order chi connectivity index (χ0) is 15.3. The Morgan fingerprint density at radius 1 is 1.33 bits per heavy atom. The molecule has 0 radical (unpaired) electrons. The maximum atomic E-state index is 12.1. The van der Waals surface area contributed by atoms with Crippen molar-refractivity contribution in [3.8, 4) is 0 Å². The highest BCUT2D eigenvalue weighted by molar-refractivity contribution is 7.89. The lowest BCUT2D eigenvalue weighted by Gasteiger charge is -2.26. The summed E-state index contributed by atoms with van der Waals surface area (Å²) in [6, 6.07) is 4.30. The predicted octanol–water partition coefficient (Wildman–Crippen LogP) is 0.923. The molecule has 2 rings (SSSR count). The molecule has 0 atom stereocenters. The van der Waals surface area contributed by atoms with Crippen LogP contribution in [-0.4, -0.2) is 52.7 Å². The molecule has 0 amide bonds. The standard InChI is InChI=1S/C13H20ClN3O3S/c14-12-3-2-11(10-13(12)15)21(18,19)16-4-1-5-17-6-8-20-9-7-17/h2-3,10,16H,1,4-9,15H2. The quantitative estimate of drug-likeness (QED) is 0.597. The summed E-state index contributed by atoms with van der Waals surface area (Å²) < 4.78 is 32.0. The van der Waals surface area contributed by atoms with Gasteiger partial charge in [-0.3, -0.25) is 4.90 Å². The summed E-state index contributed by atoms with van der Waals surface area (Å²) in [6.07, 6.45) is 0.752. The summed E-state index contributed by atoms with van der Waals surface area (Å²) in [5.41, 5.74) is 5.88. The SMILES string of the molecule is Nc1cc(S(=O)(=O)NCCCN2CCOCC2)ccc1Cl. The number of rotatable bonds is 6. The van der Waals surface area contributed by atoms with Gasteiger partial charge in [0.2, 0.25) is 10.0 Å². The van der Waals surface area contributed by atoms with Crippen LogP contribution in [-0.2, 0) is 14.8 Å². The Balaban J connectivity index is 1.82. The van der Waals surface area contributed by atoms with E-state index in [0.29, 0.717) is 11.6 Å². The fraction of sp³-hybridized carbons (Fsp3) is 0.538. The third-order valence-electron chi connectivity index (χ3n) is 3.32. The van der Waals surface area contributed by atoms with Crippen LogP contribution in [0, 0.1) is 0 Å². The first kappa shape index (κ1) is 16.5. The minimum absolute atomic E-state index is 0.135. The molecule has 1 heterocycles. The third kappa shape index (κ3) is 4.82. The van der Waals surface area contributed by atoms with E-state index in [0.717, 1.165) is 39.3 Å².